The maximum Gasteiger partial charge on any atom is 0.248 e. The number of carbonyl (C=O) groups is 1. The molecule has 2 aromatic carbocycles. The van der Waals surface area contributed by atoms with Crippen LogP contribution in [0.15, 0.2) is 42.5 Å². The fourth-order valence-corrected chi connectivity index (χ4v) is 2.67. The van der Waals surface area contributed by atoms with Crippen LogP contribution in [0.2, 0.25) is 0 Å². The number of primary amides is 1. The lowest BCUT2D eigenvalue weighted by Gasteiger charge is -2.17. The fraction of sp³-hybridized carbons (Fsp3) is 0.235. The largest absolute Gasteiger partial charge is 0.366 e. The van der Waals surface area contributed by atoms with Crippen molar-refractivity contribution >= 4 is 16.9 Å². The lowest BCUT2D eigenvalue weighted by molar-refractivity contribution is 0.100. The van der Waals surface area contributed by atoms with Crippen LogP contribution in [0.3, 0.4) is 0 Å². The van der Waals surface area contributed by atoms with Crippen LogP contribution >= 0.6 is 0 Å². The van der Waals surface area contributed by atoms with E-state index in [1.165, 1.54) is 0 Å². The van der Waals surface area contributed by atoms with Crippen LogP contribution in [0.25, 0.3) is 11.0 Å². The van der Waals surface area contributed by atoms with Gasteiger partial charge in [-0.2, -0.15) is 0 Å². The summed E-state index contributed by atoms with van der Waals surface area (Å²) in [4.78, 5) is 13.3. The fourth-order valence-electron chi connectivity index (χ4n) is 2.67. The Morgan fingerprint density at radius 2 is 1.91 bits per heavy atom. The van der Waals surface area contributed by atoms with Crippen LogP contribution < -0.4 is 5.73 Å². The number of fused-ring (bicyclic) bond motifs is 1. The van der Waals surface area contributed by atoms with E-state index in [0.717, 1.165) is 35.2 Å². The quantitative estimate of drug-likeness (QED) is 0.778. The number of hydrogen-bond acceptors (Lipinski definition) is 4. The average Bonchev–Trinajstić information content (AvgIpc) is 2.90. The standard InChI is InChI=1S/C17H19N5O/c1-21(10-12-6-8-13(9-7-12)17(18)23)11-14-4-3-5-15-16(14)19-20-22(15)2/h3-9H,10-11H2,1-2H3,(H2,18,23). The summed E-state index contributed by atoms with van der Waals surface area (Å²) in [6.45, 7) is 1.54. The summed E-state index contributed by atoms with van der Waals surface area (Å²) in [5.74, 6) is -0.403. The molecule has 0 radical (unpaired) electrons. The van der Waals surface area contributed by atoms with E-state index in [-0.39, 0.29) is 0 Å². The minimum atomic E-state index is -0.403. The summed E-state index contributed by atoms with van der Waals surface area (Å²) >= 11 is 0. The third-order valence-corrected chi connectivity index (χ3v) is 3.86. The number of hydrogen-bond donors (Lipinski definition) is 1. The van der Waals surface area contributed by atoms with Crippen molar-refractivity contribution in [3.05, 3.63) is 59.2 Å². The van der Waals surface area contributed by atoms with Crippen LogP contribution in [0, 0.1) is 0 Å². The van der Waals surface area contributed by atoms with Crippen molar-refractivity contribution in [1.29, 1.82) is 0 Å². The predicted molar refractivity (Wildman–Crippen MR) is 88.6 cm³/mol. The molecule has 1 heterocycles. The Bertz CT molecular complexity index is 838. The molecular formula is C17H19N5O. The molecule has 0 atom stereocenters. The van der Waals surface area contributed by atoms with E-state index in [2.05, 4.69) is 28.3 Å². The van der Waals surface area contributed by atoms with E-state index in [4.69, 9.17) is 5.73 Å². The summed E-state index contributed by atoms with van der Waals surface area (Å²) in [7, 11) is 3.94. The third-order valence-electron chi connectivity index (χ3n) is 3.86. The highest BCUT2D eigenvalue weighted by atomic mass is 16.1. The monoisotopic (exact) mass is 309 g/mol. The van der Waals surface area contributed by atoms with Gasteiger partial charge in [0.25, 0.3) is 0 Å². The van der Waals surface area contributed by atoms with E-state index in [9.17, 15) is 4.79 Å². The maximum absolute atomic E-state index is 11.1. The molecule has 1 aromatic heterocycles. The molecule has 3 rings (SSSR count). The number of benzene rings is 2. The molecule has 1 amide bonds. The molecule has 0 fully saturated rings. The zero-order valence-corrected chi connectivity index (χ0v) is 13.2. The van der Waals surface area contributed by atoms with Gasteiger partial charge in [-0.05, 0) is 36.4 Å². The first-order valence-electron chi connectivity index (χ1n) is 7.39. The lowest BCUT2D eigenvalue weighted by atomic mass is 10.1. The van der Waals surface area contributed by atoms with Crippen LogP contribution in [0.1, 0.15) is 21.5 Å². The topological polar surface area (TPSA) is 77.0 Å². The molecular weight excluding hydrogens is 290 g/mol. The molecule has 0 saturated heterocycles. The Balaban J connectivity index is 1.73. The number of nitrogens with two attached hydrogens (primary N) is 1. The minimum Gasteiger partial charge on any atom is -0.366 e. The zero-order chi connectivity index (χ0) is 16.4. The lowest BCUT2D eigenvalue weighted by Crippen LogP contribution is -2.18. The van der Waals surface area contributed by atoms with Crippen molar-refractivity contribution in [3.63, 3.8) is 0 Å². The first-order chi connectivity index (χ1) is 11.0. The van der Waals surface area contributed by atoms with Crippen LogP contribution in [-0.2, 0) is 20.1 Å². The van der Waals surface area contributed by atoms with Gasteiger partial charge in [-0.25, -0.2) is 4.68 Å². The van der Waals surface area contributed by atoms with Crippen molar-refractivity contribution in [2.75, 3.05) is 7.05 Å². The second-order valence-electron chi connectivity index (χ2n) is 5.73. The summed E-state index contributed by atoms with van der Waals surface area (Å²) < 4.78 is 1.78. The molecule has 23 heavy (non-hydrogen) atoms. The molecule has 3 aromatic rings. The SMILES string of the molecule is CN(Cc1ccc(C(N)=O)cc1)Cc1cccc2c1nnn2C. The highest BCUT2D eigenvalue weighted by molar-refractivity contribution is 5.92. The molecule has 0 aliphatic heterocycles. The van der Waals surface area contributed by atoms with Gasteiger partial charge in [-0.3, -0.25) is 9.69 Å². The summed E-state index contributed by atoms with van der Waals surface area (Å²) in [5, 5.41) is 8.32. The second-order valence-corrected chi connectivity index (χ2v) is 5.73. The molecule has 0 unspecified atom stereocenters. The van der Waals surface area contributed by atoms with Crippen molar-refractivity contribution in [2.45, 2.75) is 13.1 Å². The number of aryl methyl sites for hydroxylation is 1. The third kappa shape index (κ3) is 3.22. The van der Waals surface area contributed by atoms with Gasteiger partial charge in [0.15, 0.2) is 0 Å². The van der Waals surface area contributed by atoms with Gasteiger partial charge in [-0.1, -0.05) is 29.5 Å². The Hall–Kier alpha value is -2.73. The summed E-state index contributed by atoms with van der Waals surface area (Å²) in [5.41, 5.74) is 10.0. The van der Waals surface area contributed by atoms with Crippen LogP contribution in [0.4, 0.5) is 0 Å². The van der Waals surface area contributed by atoms with Gasteiger partial charge >= 0.3 is 0 Å². The number of nitrogens with zero attached hydrogens (tertiary/aromatic N) is 4. The van der Waals surface area contributed by atoms with E-state index in [0.29, 0.717) is 5.56 Å². The Morgan fingerprint density at radius 3 is 2.61 bits per heavy atom. The smallest absolute Gasteiger partial charge is 0.248 e. The number of amides is 1. The van der Waals surface area contributed by atoms with Gasteiger partial charge in [0.05, 0.1) is 5.52 Å². The van der Waals surface area contributed by atoms with Gasteiger partial charge in [0.2, 0.25) is 5.91 Å². The van der Waals surface area contributed by atoms with Gasteiger partial charge in [-0.15, -0.1) is 5.10 Å². The highest BCUT2D eigenvalue weighted by Gasteiger charge is 2.09. The van der Waals surface area contributed by atoms with Crippen molar-refractivity contribution in [2.24, 2.45) is 12.8 Å². The van der Waals surface area contributed by atoms with E-state index < -0.39 is 5.91 Å². The molecule has 0 bridgehead atoms. The van der Waals surface area contributed by atoms with Crippen molar-refractivity contribution in [3.8, 4) is 0 Å². The second kappa shape index (κ2) is 6.18. The van der Waals surface area contributed by atoms with Gasteiger partial charge < -0.3 is 5.73 Å². The number of aromatic nitrogens is 3. The van der Waals surface area contributed by atoms with Crippen molar-refractivity contribution in [1.82, 2.24) is 19.9 Å². The van der Waals surface area contributed by atoms with E-state index in [1.807, 2.05) is 31.3 Å². The molecule has 0 aliphatic rings. The van der Waals surface area contributed by atoms with Crippen molar-refractivity contribution < 1.29 is 4.79 Å². The first-order valence-corrected chi connectivity index (χ1v) is 7.39. The first kappa shape index (κ1) is 15.2. The molecule has 6 heteroatoms. The van der Waals surface area contributed by atoms with E-state index >= 15 is 0 Å². The Labute approximate surface area is 134 Å². The Morgan fingerprint density at radius 1 is 1.17 bits per heavy atom. The normalized spacial score (nSPS) is 11.3. The molecule has 6 nitrogen and oxygen atoms in total. The summed E-state index contributed by atoms with van der Waals surface area (Å²) in [6, 6.07) is 13.5. The summed E-state index contributed by atoms with van der Waals surface area (Å²) in [6.07, 6.45) is 0. The van der Waals surface area contributed by atoms with Gasteiger partial charge in [0.1, 0.15) is 5.52 Å². The van der Waals surface area contributed by atoms with Gasteiger partial charge in [0, 0.05) is 25.7 Å². The zero-order valence-electron chi connectivity index (χ0n) is 13.2. The maximum atomic E-state index is 11.1. The Kier molecular flexibility index (Phi) is 4.08. The number of rotatable bonds is 5. The average molecular weight is 309 g/mol. The molecule has 118 valence electrons. The highest BCUT2D eigenvalue weighted by Crippen LogP contribution is 2.17. The molecule has 2 N–H and O–H groups in total. The minimum absolute atomic E-state index is 0.403. The van der Waals surface area contributed by atoms with Crippen LogP contribution in [0.5, 0.6) is 0 Å². The predicted octanol–water partition coefficient (Wildman–Crippen LogP) is 1.70. The molecule has 0 aliphatic carbocycles. The van der Waals surface area contributed by atoms with E-state index in [1.54, 1.807) is 16.8 Å². The molecule has 0 saturated carbocycles. The van der Waals surface area contributed by atoms with Crippen LogP contribution in [-0.4, -0.2) is 32.8 Å². The molecule has 0 spiro atoms. The number of carbonyl (C=O) groups excluding carboxylic acids is 1.